The van der Waals surface area contributed by atoms with Gasteiger partial charge in [-0.25, -0.2) is 0 Å². The second kappa shape index (κ2) is 8.01. The van der Waals surface area contributed by atoms with Crippen molar-refractivity contribution >= 4 is 17.6 Å². The normalized spacial score (nSPS) is 20.7. The lowest BCUT2D eigenvalue weighted by Crippen LogP contribution is -2.41. The first-order valence-corrected chi connectivity index (χ1v) is 8.41. The number of hydrogen-bond acceptors (Lipinski definition) is 4. The molecule has 0 radical (unpaired) electrons. The molecule has 7 nitrogen and oxygen atoms in total. The number of nitrogens with zero attached hydrogens (tertiary/aromatic N) is 2. The molecule has 2 heterocycles. The topological polar surface area (TPSA) is 89.2 Å². The van der Waals surface area contributed by atoms with Gasteiger partial charge in [-0.1, -0.05) is 12.1 Å². The Morgan fingerprint density at radius 3 is 3.12 bits per heavy atom. The zero-order chi connectivity index (χ0) is 16.8. The minimum Gasteiger partial charge on any atom is -0.482 e. The molecular weight excluding hydrogens is 308 g/mol. The van der Waals surface area contributed by atoms with Gasteiger partial charge in [0.25, 0.3) is 5.91 Å². The summed E-state index contributed by atoms with van der Waals surface area (Å²) in [5.41, 5.74) is 6.69. The molecule has 24 heavy (non-hydrogen) atoms. The number of hydrogen-bond donors (Lipinski definition) is 2. The molecule has 1 saturated heterocycles. The fourth-order valence-corrected chi connectivity index (χ4v) is 2.90. The highest BCUT2D eigenvalue weighted by molar-refractivity contribution is 5.97. The number of benzene rings is 1. The van der Waals surface area contributed by atoms with E-state index in [4.69, 9.17) is 15.2 Å². The highest BCUT2D eigenvalue weighted by atomic mass is 16.5. The van der Waals surface area contributed by atoms with Crippen LogP contribution >= 0.6 is 0 Å². The minimum absolute atomic E-state index is 0.0197. The predicted octanol–water partition coefficient (Wildman–Crippen LogP) is 0.885. The Hall–Kier alpha value is -2.28. The van der Waals surface area contributed by atoms with E-state index in [0.717, 1.165) is 37.3 Å². The molecule has 2 aliphatic rings. The number of rotatable bonds is 6. The highest BCUT2D eigenvalue weighted by Crippen LogP contribution is 2.31. The monoisotopic (exact) mass is 332 g/mol. The van der Waals surface area contributed by atoms with E-state index >= 15 is 0 Å². The van der Waals surface area contributed by atoms with Crippen LogP contribution in [0.4, 0.5) is 5.69 Å². The van der Waals surface area contributed by atoms with Gasteiger partial charge in [-0.05, 0) is 31.4 Å². The largest absolute Gasteiger partial charge is 0.482 e. The van der Waals surface area contributed by atoms with Gasteiger partial charge in [0, 0.05) is 19.7 Å². The van der Waals surface area contributed by atoms with Gasteiger partial charge in [0.15, 0.2) is 12.6 Å². The van der Waals surface area contributed by atoms with Crippen LogP contribution in [0.3, 0.4) is 0 Å². The van der Waals surface area contributed by atoms with Crippen LogP contribution in [-0.4, -0.2) is 50.8 Å². The average molecular weight is 332 g/mol. The Balaban J connectivity index is 1.43. The lowest BCUT2D eigenvalue weighted by atomic mass is 10.2. The highest BCUT2D eigenvalue weighted by Gasteiger charge is 2.24. The summed E-state index contributed by atoms with van der Waals surface area (Å²) < 4.78 is 10.9. The zero-order valence-corrected chi connectivity index (χ0v) is 13.7. The van der Waals surface area contributed by atoms with Crippen LogP contribution < -0.4 is 20.7 Å². The minimum atomic E-state index is -0.0197. The first kappa shape index (κ1) is 16.6. The molecule has 1 amide bonds. The Morgan fingerprint density at radius 2 is 2.29 bits per heavy atom. The molecule has 0 bridgehead atoms. The molecule has 3 N–H and O–H groups in total. The summed E-state index contributed by atoms with van der Waals surface area (Å²) in [4.78, 5) is 18.1. The molecule has 130 valence electrons. The van der Waals surface area contributed by atoms with E-state index in [9.17, 15) is 4.79 Å². The second-order valence-electron chi connectivity index (χ2n) is 5.94. The summed E-state index contributed by atoms with van der Waals surface area (Å²) in [6, 6.07) is 7.58. The number of anilines is 1. The van der Waals surface area contributed by atoms with Crippen LogP contribution in [0.2, 0.25) is 0 Å². The maximum Gasteiger partial charge on any atom is 0.265 e. The molecule has 1 unspecified atom stereocenters. The summed E-state index contributed by atoms with van der Waals surface area (Å²) in [5.74, 6) is 1.16. The van der Waals surface area contributed by atoms with Crippen molar-refractivity contribution in [2.75, 3.05) is 37.7 Å². The smallest absolute Gasteiger partial charge is 0.265 e. The first-order chi connectivity index (χ1) is 11.7. The van der Waals surface area contributed by atoms with Crippen LogP contribution in [0.25, 0.3) is 0 Å². The number of guanidine groups is 1. The Morgan fingerprint density at radius 1 is 1.42 bits per heavy atom. The van der Waals surface area contributed by atoms with Crippen LogP contribution in [0.15, 0.2) is 29.3 Å². The summed E-state index contributed by atoms with van der Waals surface area (Å²) in [5, 5.41) is 3.09. The summed E-state index contributed by atoms with van der Waals surface area (Å²) in [6.07, 6.45) is 3.13. The SMILES string of the molecule is NC(=NCC1CCCO1)NCCCN1C(=O)COc2ccccc21. The van der Waals surface area contributed by atoms with Crippen LogP contribution in [0.5, 0.6) is 5.75 Å². The van der Waals surface area contributed by atoms with Crippen LogP contribution in [0.1, 0.15) is 19.3 Å². The maximum atomic E-state index is 12.1. The van der Waals surface area contributed by atoms with E-state index in [1.54, 1.807) is 4.90 Å². The third-order valence-electron chi connectivity index (χ3n) is 4.16. The predicted molar refractivity (Wildman–Crippen MR) is 92.4 cm³/mol. The zero-order valence-electron chi connectivity index (χ0n) is 13.7. The van der Waals surface area contributed by atoms with Crippen molar-refractivity contribution in [3.8, 4) is 5.75 Å². The van der Waals surface area contributed by atoms with Crippen LogP contribution in [0, 0.1) is 0 Å². The summed E-state index contributed by atoms with van der Waals surface area (Å²) in [6.45, 7) is 2.80. The third-order valence-corrected chi connectivity index (χ3v) is 4.16. The molecule has 3 rings (SSSR count). The van der Waals surface area contributed by atoms with E-state index in [-0.39, 0.29) is 18.6 Å². The van der Waals surface area contributed by atoms with Gasteiger partial charge in [-0.3, -0.25) is 9.79 Å². The van der Waals surface area contributed by atoms with Gasteiger partial charge >= 0.3 is 0 Å². The Kier molecular flexibility index (Phi) is 5.53. The van der Waals surface area contributed by atoms with E-state index in [2.05, 4.69) is 10.3 Å². The van der Waals surface area contributed by atoms with E-state index < -0.39 is 0 Å². The average Bonchev–Trinajstić information content (AvgIpc) is 3.12. The number of ether oxygens (including phenoxy) is 2. The fourth-order valence-electron chi connectivity index (χ4n) is 2.90. The molecule has 0 aliphatic carbocycles. The van der Waals surface area contributed by atoms with Crippen molar-refractivity contribution in [2.24, 2.45) is 10.7 Å². The number of nitrogens with one attached hydrogen (secondary N) is 1. The van der Waals surface area contributed by atoms with Crippen LogP contribution in [-0.2, 0) is 9.53 Å². The molecule has 7 heteroatoms. The van der Waals surface area contributed by atoms with Crippen molar-refractivity contribution in [1.82, 2.24) is 5.32 Å². The molecule has 0 spiro atoms. The standard InChI is InChI=1S/C17H24N4O3/c18-17(20-11-13-5-3-10-23-13)19-8-4-9-21-14-6-1-2-7-15(14)24-12-16(21)22/h1-2,6-7,13H,3-5,8-12H2,(H3,18,19,20). The van der Waals surface area contributed by atoms with Gasteiger partial charge < -0.3 is 25.4 Å². The van der Waals surface area contributed by atoms with Gasteiger partial charge in [-0.15, -0.1) is 0 Å². The lowest BCUT2D eigenvalue weighted by Gasteiger charge is -2.29. The number of carbonyl (C=O) groups excluding carboxylic acids is 1. The molecule has 1 fully saturated rings. The van der Waals surface area contributed by atoms with Gasteiger partial charge in [-0.2, -0.15) is 0 Å². The van der Waals surface area contributed by atoms with Crippen molar-refractivity contribution in [3.63, 3.8) is 0 Å². The molecule has 1 aromatic carbocycles. The Bertz CT molecular complexity index is 599. The maximum absolute atomic E-state index is 12.1. The number of amides is 1. The molecule has 0 aromatic heterocycles. The molecule has 0 saturated carbocycles. The number of carbonyl (C=O) groups is 1. The summed E-state index contributed by atoms with van der Waals surface area (Å²) in [7, 11) is 0. The first-order valence-electron chi connectivity index (χ1n) is 8.41. The molecule has 1 aromatic rings. The summed E-state index contributed by atoms with van der Waals surface area (Å²) >= 11 is 0. The van der Waals surface area contributed by atoms with Crippen molar-refractivity contribution in [1.29, 1.82) is 0 Å². The number of aliphatic imine (C=N–C) groups is 1. The quantitative estimate of drug-likeness (QED) is 0.459. The second-order valence-corrected chi connectivity index (χ2v) is 5.94. The third kappa shape index (κ3) is 4.17. The van der Waals surface area contributed by atoms with Crippen molar-refractivity contribution in [3.05, 3.63) is 24.3 Å². The van der Waals surface area contributed by atoms with Crippen molar-refractivity contribution in [2.45, 2.75) is 25.4 Å². The molecular formula is C17H24N4O3. The fraction of sp³-hybridized carbons (Fsp3) is 0.529. The molecule has 1 atom stereocenters. The number of para-hydroxylation sites is 2. The van der Waals surface area contributed by atoms with Gasteiger partial charge in [0.2, 0.25) is 0 Å². The lowest BCUT2D eigenvalue weighted by molar-refractivity contribution is -0.121. The number of fused-ring (bicyclic) bond motifs is 1. The Labute approximate surface area is 141 Å². The molecule has 2 aliphatic heterocycles. The number of nitrogens with two attached hydrogens (primary N) is 1. The van der Waals surface area contributed by atoms with E-state index in [1.165, 1.54) is 0 Å². The van der Waals surface area contributed by atoms with E-state index in [0.29, 0.717) is 25.6 Å². The van der Waals surface area contributed by atoms with Gasteiger partial charge in [0.1, 0.15) is 5.75 Å². The van der Waals surface area contributed by atoms with Gasteiger partial charge in [0.05, 0.1) is 18.3 Å². The van der Waals surface area contributed by atoms with E-state index in [1.807, 2.05) is 24.3 Å². The van der Waals surface area contributed by atoms with Crippen molar-refractivity contribution < 1.29 is 14.3 Å².